The summed E-state index contributed by atoms with van der Waals surface area (Å²) >= 11 is 1.94. The molecular weight excluding hydrogens is 180 g/mol. The zero-order valence-electron chi connectivity index (χ0n) is 8.83. The standard InChI is InChI=1S/C10H22N2S/c1-9(4-6-13-2)12-5-3-10(7-11)8-12/h9-10H,3-8,11H2,1-2H3. The maximum absolute atomic E-state index is 5.67. The van der Waals surface area contributed by atoms with Gasteiger partial charge in [-0.05, 0) is 50.8 Å². The van der Waals surface area contributed by atoms with Gasteiger partial charge in [-0.2, -0.15) is 11.8 Å². The Bertz CT molecular complexity index is 141. The van der Waals surface area contributed by atoms with Crippen molar-refractivity contribution in [2.24, 2.45) is 11.7 Å². The van der Waals surface area contributed by atoms with Gasteiger partial charge in [0.1, 0.15) is 0 Å². The highest BCUT2D eigenvalue weighted by molar-refractivity contribution is 7.98. The van der Waals surface area contributed by atoms with Crippen LogP contribution < -0.4 is 5.73 Å². The SMILES string of the molecule is CSCCC(C)N1CCC(CN)C1. The van der Waals surface area contributed by atoms with E-state index >= 15 is 0 Å². The van der Waals surface area contributed by atoms with E-state index in [1.54, 1.807) is 0 Å². The molecule has 1 aliphatic heterocycles. The van der Waals surface area contributed by atoms with E-state index in [4.69, 9.17) is 5.73 Å². The van der Waals surface area contributed by atoms with Crippen molar-refractivity contribution in [1.29, 1.82) is 0 Å². The summed E-state index contributed by atoms with van der Waals surface area (Å²) in [5, 5.41) is 0. The lowest BCUT2D eigenvalue weighted by atomic mass is 10.1. The van der Waals surface area contributed by atoms with E-state index in [0.717, 1.165) is 18.5 Å². The predicted octanol–water partition coefficient (Wildman–Crippen LogP) is 1.41. The molecule has 78 valence electrons. The molecule has 0 aromatic rings. The van der Waals surface area contributed by atoms with Crippen LogP contribution in [0.25, 0.3) is 0 Å². The molecule has 1 aliphatic rings. The van der Waals surface area contributed by atoms with Gasteiger partial charge in [-0.15, -0.1) is 0 Å². The fourth-order valence-electron chi connectivity index (χ4n) is 1.93. The summed E-state index contributed by atoms with van der Waals surface area (Å²) in [4.78, 5) is 2.59. The quantitative estimate of drug-likeness (QED) is 0.731. The second-order valence-electron chi connectivity index (χ2n) is 4.02. The molecule has 3 heteroatoms. The lowest BCUT2D eigenvalue weighted by molar-refractivity contribution is 0.245. The van der Waals surface area contributed by atoms with E-state index in [0.29, 0.717) is 0 Å². The zero-order valence-corrected chi connectivity index (χ0v) is 9.65. The largest absolute Gasteiger partial charge is 0.330 e. The van der Waals surface area contributed by atoms with Crippen molar-refractivity contribution < 1.29 is 0 Å². The molecule has 0 aromatic carbocycles. The highest BCUT2D eigenvalue weighted by Crippen LogP contribution is 2.19. The first kappa shape index (κ1) is 11.3. The second kappa shape index (κ2) is 5.89. The first-order valence-corrected chi connectivity index (χ1v) is 6.60. The van der Waals surface area contributed by atoms with Crippen molar-refractivity contribution in [3.05, 3.63) is 0 Å². The summed E-state index contributed by atoms with van der Waals surface area (Å²) in [6.07, 6.45) is 4.80. The first-order valence-electron chi connectivity index (χ1n) is 5.21. The highest BCUT2D eigenvalue weighted by atomic mass is 32.2. The van der Waals surface area contributed by atoms with Crippen LogP contribution in [0.1, 0.15) is 19.8 Å². The van der Waals surface area contributed by atoms with Crippen molar-refractivity contribution >= 4 is 11.8 Å². The number of rotatable bonds is 5. The third kappa shape index (κ3) is 3.49. The maximum Gasteiger partial charge on any atom is 0.00749 e. The van der Waals surface area contributed by atoms with Crippen molar-refractivity contribution in [3.63, 3.8) is 0 Å². The van der Waals surface area contributed by atoms with Crippen LogP contribution in [0.3, 0.4) is 0 Å². The second-order valence-corrected chi connectivity index (χ2v) is 5.00. The molecule has 0 aliphatic carbocycles. The van der Waals surface area contributed by atoms with Crippen LogP contribution in [0.15, 0.2) is 0 Å². The summed E-state index contributed by atoms with van der Waals surface area (Å²) in [6, 6.07) is 0.754. The lowest BCUT2D eigenvalue weighted by Crippen LogP contribution is -2.32. The Hall–Kier alpha value is 0.270. The van der Waals surface area contributed by atoms with Crippen LogP contribution in [-0.2, 0) is 0 Å². The Morgan fingerprint density at radius 2 is 2.38 bits per heavy atom. The van der Waals surface area contributed by atoms with Gasteiger partial charge < -0.3 is 10.6 Å². The average Bonchev–Trinajstić information content (AvgIpc) is 2.62. The molecule has 0 aromatic heterocycles. The van der Waals surface area contributed by atoms with Crippen LogP contribution in [-0.4, -0.2) is 42.6 Å². The van der Waals surface area contributed by atoms with Crippen LogP contribution in [0.4, 0.5) is 0 Å². The van der Waals surface area contributed by atoms with Crippen molar-refractivity contribution in [3.8, 4) is 0 Å². The minimum Gasteiger partial charge on any atom is -0.330 e. The van der Waals surface area contributed by atoms with Gasteiger partial charge in [0.05, 0.1) is 0 Å². The van der Waals surface area contributed by atoms with Gasteiger partial charge in [0, 0.05) is 12.6 Å². The lowest BCUT2D eigenvalue weighted by Gasteiger charge is -2.23. The molecule has 2 N–H and O–H groups in total. The van der Waals surface area contributed by atoms with Crippen LogP contribution in [0, 0.1) is 5.92 Å². The molecule has 1 saturated heterocycles. The van der Waals surface area contributed by atoms with E-state index in [1.807, 2.05) is 11.8 Å². The van der Waals surface area contributed by atoms with Gasteiger partial charge in [0.25, 0.3) is 0 Å². The molecule has 13 heavy (non-hydrogen) atoms. The van der Waals surface area contributed by atoms with E-state index in [1.165, 1.54) is 31.7 Å². The van der Waals surface area contributed by atoms with Gasteiger partial charge in [0.15, 0.2) is 0 Å². The monoisotopic (exact) mass is 202 g/mol. The van der Waals surface area contributed by atoms with E-state index in [-0.39, 0.29) is 0 Å². The Morgan fingerprint density at radius 1 is 1.62 bits per heavy atom. The Kier molecular flexibility index (Phi) is 5.14. The van der Waals surface area contributed by atoms with Gasteiger partial charge in [-0.3, -0.25) is 0 Å². The molecular formula is C10H22N2S. The number of nitrogens with two attached hydrogens (primary N) is 1. The zero-order chi connectivity index (χ0) is 9.68. The van der Waals surface area contributed by atoms with Crippen LogP contribution in [0.5, 0.6) is 0 Å². The number of likely N-dealkylation sites (tertiary alicyclic amines) is 1. The van der Waals surface area contributed by atoms with Gasteiger partial charge in [-0.25, -0.2) is 0 Å². The summed E-state index contributed by atoms with van der Waals surface area (Å²) in [6.45, 7) is 5.70. The Balaban J connectivity index is 2.20. The summed E-state index contributed by atoms with van der Waals surface area (Å²) in [5.74, 6) is 2.04. The van der Waals surface area contributed by atoms with Gasteiger partial charge >= 0.3 is 0 Å². The number of hydrogen-bond acceptors (Lipinski definition) is 3. The number of nitrogens with zero attached hydrogens (tertiary/aromatic N) is 1. The summed E-state index contributed by atoms with van der Waals surface area (Å²) < 4.78 is 0. The molecule has 1 rings (SSSR count). The Labute approximate surface area is 86.2 Å². The van der Waals surface area contributed by atoms with E-state index in [2.05, 4.69) is 18.1 Å². The topological polar surface area (TPSA) is 29.3 Å². The molecule has 1 heterocycles. The van der Waals surface area contributed by atoms with Crippen molar-refractivity contribution in [2.45, 2.75) is 25.8 Å². The minimum absolute atomic E-state index is 0.754. The van der Waals surface area contributed by atoms with Gasteiger partial charge in [-0.1, -0.05) is 0 Å². The fraction of sp³-hybridized carbons (Fsp3) is 1.00. The molecule has 2 atom stereocenters. The predicted molar refractivity (Wildman–Crippen MR) is 61.2 cm³/mol. The first-order chi connectivity index (χ1) is 6.27. The molecule has 2 nitrogen and oxygen atoms in total. The normalized spacial score (nSPS) is 26.5. The minimum atomic E-state index is 0.754. The molecule has 2 unspecified atom stereocenters. The fourth-order valence-corrected chi connectivity index (χ4v) is 2.50. The third-order valence-corrected chi connectivity index (χ3v) is 3.66. The number of thioether (sulfide) groups is 1. The third-order valence-electron chi connectivity index (χ3n) is 3.01. The van der Waals surface area contributed by atoms with Gasteiger partial charge in [0.2, 0.25) is 0 Å². The van der Waals surface area contributed by atoms with E-state index in [9.17, 15) is 0 Å². The molecule has 1 fully saturated rings. The highest BCUT2D eigenvalue weighted by Gasteiger charge is 2.24. The van der Waals surface area contributed by atoms with Crippen LogP contribution >= 0.6 is 11.8 Å². The van der Waals surface area contributed by atoms with Crippen molar-refractivity contribution in [1.82, 2.24) is 4.90 Å². The molecule has 0 radical (unpaired) electrons. The smallest absolute Gasteiger partial charge is 0.00749 e. The average molecular weight is 202 g/mol. The van der Waals surface area contributed by atoms with Crippen LogP contribution in [0.2, 0.25) is 0 Å². The summed E-state index contributed by atoms with van der Waals surface area (Å²) in [5.41, 5.74) is 5.67. The number of hydrogen-bond donors (Lipinski definition) is 1. The van der Waals surface area contributed by atoms with E-state index < -0.39 is 0 Å². The molecule has 0 saturated carbocycles. The summed E-state index contributed by atoms with van der Waals surface area (Å²) in [7, 11) is 0. The molecule has 0 amide bonds. The maximum atomic E-state index is 5.67. The Morgan fingerprint density at radius 3 is 2.92 bits per heavy atom. The van der Waals surface area contributed by atoms with Crippen molar-refractivity contribution in [2.75, 3.05) is 31.6 Å². The molecule has 0 spiro atoms. The molecule has 0 bridgehead atoms.